The number of ether oxygens (including phenoxy) is 1. The molecule has 82 valence electrons. The predicted octanol–water partition coefficient (Wildman–Crippen LogP) is 2.91. The van der Waals surface area contributed by atoms with Crippen molar-refractivity contribution in [3.05, 3.63) is 28.5 Å². The molecule has 1 saturated heterocycles. The van der Waals surface area contributed by atoms with E-state index in [0.29, 0.717) is 5.75 Å². The van der Waals surface area contributed by atoms with Gasteiger partial charge in [-0.1, -0.05) is 11.6 Å². The first-order valence-electron chi connectivity index (χ1n) is 4.98. The molecule has 1 heterocycles. The van der Waals surface area contributed by atoms with Crippen LogP contribution in [0.5, 0.6) is 5.75 Å². The summed E-state index contributed by atoms with van der Waals surface area (Å²) in [5.41, 5.74) is 0.946. The Labute approximate surface area is 93.4 Å². The van der Waals surface area contributed by atoms with E-state index in [1.807, 2.05) is 0 Å². The maximum Gasteiger partial charge on any atom is 0.145 e. The van der Waals surface area contributed by atoms with Crippen LogP contribution in [0.25, 0.3) is 0 Å². The number of benzene rings is 1. The van der Waals surface area contributed by atoms with Gasteiger partial charge in [0.05, 0.1) is 12.1 Å². The van der Waals surface area contributed by atoms with E-state index >= 15 is 0 Å². The zero-order chi connectivity index (χ0) is 10.8. The molecule has 1 unspecified atom stereocenters. The molecule has 0 aromatic heterocycles. The molecule has 2 nitrogen and oxygen atoms in total. The van der Waals surface area contributed by atoms with E-state index in [-0.39, 0.29) is 11.1 Å². The summed E-state index contributed by atoms with van der Waals surface area (Å²) < 4.78 is 18.4. The molecular formula is C11H13ClFNO. The first kappa shape index (κ1) is 10.7. The van der Waals surface area contributed by atoms with Crippen molar-refractivity contribution in [2.75, 3.05) is 13.7 Å². The summed E-state index contributed by atoms with van der Waals surface area (Å²) in [6.07, 6.45) is 2.17. The number of hydrogen-bond donors (Lipinski definition) is 1. The third-order valence-electron chi connectivity index (χ3n) is 2.71. The Morgan fingerprint density at radius 2 is 2.33 bits per heavy atom. The fourth-order valence-electron chi connectivity index (χ4n) is 1.94. The Balaban J connectivity index is 2.39. The fourth-order valence-corrected chi connectivity index (χ4v) is 2.12. The number of halogens is 2. The molecule has 1 aromatic carbocycles. The Morgan fingerprint density at radius 3 is 2.93 bits per heavy atom. The molecule has 1 aliphatic heterocycles. The molecule has 1 atom stereocenters. The lowest BCUT2D eigenvalue weighted by Crippen LogP contribution is -2.14. The summed E-state index contributed by atoms with van der Waals surface area (Å²) >= 11 is 5.76. The van der Waals surface area contributed by atoms with Gasteiger partial charge in [0.15, 0.2) is 0 Å². The highest BCUT2D eigenvalue weighted by Crippen LogP contribution is 2.34. The number of rotatable bonds is 2. The largest absolute Gasteiger partial charge is 0.496 e. The van der Waals surface area contributed by atoms with E-state index < -0.39 is 5.82 Å². The van der Waals surface area contributed by atoms with Crippen molar-refractivity contribution >= 4 is 11.6 Å². The molecule has 0 bridgehead atoms. The first-order valence-corrected chi connectivity index (χ1v) is 5.36. The zero-order valence-electron chi connectivity index (χ0n) is 8.52. The van der Waals surface area contributed by atoms with Crippen LogP contribution in [-0.4, -0.2) is 13.7 Å². The minimum Gasteiger partial charge on any atom is -0.496 e. The second kappa shape index (κ2) is 4.37. The smallest absolute Gasteiger partial charge is 0.145 e. The summed E-state index contributed by atoms with van der Waals surface area (Å²) in [7, 11) is 1.54. The first-order chi connectivity index (χ1) is 7.22. The SMILES string of the molecule is COc1cc(F)c(Cl)cc1C1CCCN1. The van der Waals surface area contributed by atoms with Gasteiger partial charge in [-0.15, -0.1) is 0 Å². The van der Waals surface area contributed by atoms with E-state index in [0.717, 1.165) is 24.9 Å². The maximum absolute atomic E-state index is 13.2. The van der Waals surface area contributed by atoms with Crippen LogP contribution in [0, 0.1) is 5.82 Å². The quantitative estimate of drug-likeness (QED) is 0.842. The molecule has 1 aromatic rings. The zero-order valence-corrected chi connectivity index (χ0v) is 9.27. The van der Waals surface area contributed by atoms with Gasteiger partial charge in [0.25, 0.3) is 0 Å². The van der Waals surface area contributed by atoms with E-state index in [4.69, 9.17) is 16.3 Å². The van der Waals surface area contributed by atoms with Gasteiger partial charge in [-0.3, -0.25) is 0 Å². The molecule has 0 saturated carbocycles. The highest BCUT2D eigenvalue weighted by Gasteiger charge is 2.21. The Bertz CT molecular complexity index is 364. The molecule has 1 fully saturated rings. The fraction of sp³-hybridized carbons (Fsp3) is 0.455. The standard InChI is InChI=1S/C11H13ClFNO/c1-15-11-6-9(13)8(12)5-7(11)10-3-2-4-14-10/h5-6,10,14H,2-4H2,1H3. The second-order valence-electron chi connectivity index (χ2n) is 3.66. The van der Waals surface area contributed by atoms with Gasteiger partial charge in [-0.2, -0.15) is 0 Å². The highest BCUT2D eigenvalue weighted by atomic mass is 35.5. The van der Waals surface area contributed by atoms with E-state index in [1.165, 1.54) is 6.07 Å². The van der Waals surface area contributed by atoms with Crippen molar-refractivity contribution < 1.29 is 9.13 Å². The van der Waals surface area contributed by atoms with Gasteiger partial charge >= 0.3 is 0 Å². The lowest BCUT2D eigenvalue weighted by Gasteiger charge is -2.15. The molecule has 0 radical (unpaired) electrons. The molecule has 15 heavy (non-hydrogen) atoms. The van der Waals surface area contributed by atoms with Gasteiger partial charge in [0.2, 0.25) is 0 Å². The highest BCUT2D eigenvalue weighted by molar-refractivity contribution is 6.30. The van der Waals surface area contributed by atoms with Crippen molar-refractivity contribution in [2.45, 2.75) is 18.9 Å². The average Bonchev–Trinajstić information content (AvgIpc) is 2.74. The van der Waals surface area contributed by atoms with E-state index in [9.17, 15) is 4.39 Å². The van der Waals surface area contributed by atoms with Gasteiger partial charge in [-0.05, 0) is 25.5 Å². The van der Waals surface area contributed by atoms with Crippen LogP contribution in [0.15, 0.2) is 12.1 Å². The van der Waals surface area contributed by atoms with Crippen molar-refractivity contribution in [3.63, 3.8) is 0 Å². The van der Waals surface area contributed by atoms with Crippen LogP contribution >= 0.6 is 11.6 Å². The van der Waals surface area contributed by atoms with Gasteiger partial charge in [-0.25, -0.2) is 4.39 Å². The monoisotopic (exact) mass is 229 g/mol. The van der Waals surface area contributed by atoms with Crippen molar-refractivity contribution in [1.29, 1.82) is 0 Å². The maximum atomic E-state index is 13.2. The lowest BCUT2D eigenvalue weighted by atomic mass is 10.0. The summed E-state index contributed by atoms with van der Waals surface area (Å²) in [5, 5.41) is 3.49. The van der Waals surface area contributed by atoms with Gasteiger partial charge in [0, 0.05) is 17.7 Å². The molecule has 2 rings (SSSR count). The summed E-state index contributed by atoms with van der Waals surface area (Å²) in [6, 6.07) is 3.23. The Kier molecular flexibility index (Phi) is 3.12. The third-order valence-corrected chi connectivity index (χ3v) is 3.00. The van der Waals surface area contributed by atoms with Crippen LogP contribution < -0.4 is 10.1 Å². The number of nitrogens with one attached hydrogen (secondary N) is 1. The normalized spacial score (nSPS) is 20.6. The molecule has 1 N–H and O–H groups in total. The van der Waals surface area contributed by atoms with Crippen molar-refractivity contribution in [2.24, 2.45) is 0 Å². The third kappa shape index (κ3) is 2.08. The molecule has 0 aliphatic carbocycles. The average molecular weight is 230 g/mol. The van der Waals surface area contributed by atoms with Gasteiger partial charge in [0.1, 0.15) is 11.6 Å². The van der Waals surface area contributed by atoms with E-state index in [1.54, 1.807) is 13.2 Å². The summed E-state index contributed by atoms with van der Waals surface area (Å²) in [5.74, 6) is 0.131. The van der Waals surface area contributed by atoms with Crippen LogP contribution in [-0.2, 0) is 0 Å². The molecule has 1 aliphatic rings. The lowest BCUT2D eigenvalue weighted by molar-refractivity contribution is 0.400. The minimum absolute atomic E-state index is 0.152. The van der Waals surface area contributed by atoms with E-state index in [2.05, 4.69) is 5.32 Å². The number of hydrogen-bond acceptors (Lipinski definition) is 2. The molecule has 0 spiro atoms. The van der Waals surface area contributed by atoms with Crippen LogP contribution in [0.1, 0.15) is 24.4 Å². The van der Waals surface area contributed by atoms with Crippen LogP contribution in [0.2, 0.25) is 5.02 Å². The number of methoxy groups -OCH3 is 1. The summed E-state index contributed by atoms with van der Waals surface area (Å²) in [6.45, 7) is 0.989. The second-order valence-corrected chi connectivity index (χ2v) is 4.06. The molecular weight excluding hydrogens is 217 g/mol. The van der Waals surface area contributed by atoms with Crippen molar-refractivity contribution in [1.82, 2.24) is 5.32 Å². The minimum atomic E-state index is -0.435. The van der Waals surface area contributed by atoms with Crippen LogP contribution in [0.4, 0.5) is 4.39 Å². The predicted molar refractivity (Wildman–Crippen MR) is 57.9 cm³/mol. The van der Waals surface area contributed by atoms with Crippen molar-refractivity contribution in [3.8, 4) is 5.75 Å². The van der Waals surface area contributed by atoms with Gasteiger partial charge < -0.3 is 10.1 Å². The Morgan fingerprint density at radius 1 is 1.53 bits per heavy atom. The summed E-state index contributed by atoms with van der Waals surface area (Å²) in [4.78, 5) is 0. The Hall–Kier alpha value is -0.800. The molecule has 4 heteroatoms. The topological polar surface area (TPSA) is 21.3 Å². The molecule has 0 amide bonds. The van der Waals surface area contributed by atoms with Crippen LogP contribution in [0.3, 0.4) is 0 Å².